The van der Waals surface area contributed by atoms with E-state index in [1.807, 2.05) is 17.0 Å². The van der Waals surface area contributed by atoms with Gasteiger partial charge in [-0.1, -0.05) is 0 Å². The van der Waals surface area contributed by atoms with E-state index in [1.54, 1.807) is 18.6 Å². The Balaban J connectivity index is 0.00000121. The highest BCUT2D eigenvalue weighted by molar-refractivity contribution is 5.99. The van der Waals surface area contributed by atoms with Crippen LogP contribution in [0.15, 0.2) is 30.7 Å². The SMILES string of the molecule is Cl.Cl.O=C(c1cn[nH]c1-c1ccncc1)N1CCC(N2CCNCC2)C1. The van der Waals surface area contributed by atoms with Gasteiger partial charge >= 0.3 is 0 Å². The Morgan fingerprint density at radius 1 is 1.12 bits per heavy atom. The Labute approximate surface area is 165 Å². The Bertz CT molecular complexity index is 704. The van der Waals surface area contributed by atoms with E-state index in [0.717, 1.165) is 56.9 Å². The average molecular weight is 399 g/mol. The van der Waals surface area contributed by atoms with Gasteiger partial charge < -0.3 is 10.2 Å². The first-order valence-electron chi connectivity index (χ1n) is 8.51. The Morgan fingerprint density at radius 3 is 2.58 bits per heavy atom. The molecule has 2 aliphatic heterocycles. The maximum absolute atomic E-state index is 12.9. The van der Waals surface area contributed by atoms with Gasteiger partial charge in [-0.3, -0.25) is 19.8 Å². The van der Waals surface area contributed by atoms with Gasteiger partial charge in [0.15, 0.2) is 0 Å². The van der Waals surface area contributed by atoms with E-state index in [9.17, 15) is 4.79 Å². The Kier molecular flexibility index (Phi) is 7.40. The summed E-state index contributed by atoms with van der Waals surface area (Å²) in [6, 6.07) is 4.25. The van der Waals surface area contributed by atoms with Crippen molar-refractivity contribution in [2.45, 2.75) is 12.5 Å². The van der Waals surface area contributed by atoms with Crippen molar-refractivity contribution < 1.29 is 4.79 Å². The van der Waals surface area contributed by atoms with Gasteiger partial charge in [0.25, 0.3) is 5.91 Å². The number of rotatable bonds is 3. The summed E-state index contributed by atoms with van der Waals surface area (Å²) in [5.41, 5.74) is 2.35. The van der Waals surface area contributed by atoms with Crippen LogP contribution in [-0.4, -0.2) is 76.2 Å². The molecule has 4 heterocycles. The molecule has 4 rings (SSSR count). The minimum atomic E-state index is 0. The fourth-order valence-corrected chi connectivity index (χ4v) is 3.63. The highest BCUT2D eigenvalue weighted by Crippen LogP contribution is 2.24. The molecule has 2 aromatic heterocycles. The molecular weight excluding hydrogens is 375 g/mol. The van der Waals surface area contributed by atoms with Gasteiger partial charge in [-0.2, -0.15) is 5.10 Å². The zero-order valence-corrected chi connectivity index (χ0v) is 16.1. The summed E-state index contributed by atoms with van der Waals surface area (Å²) >= 11 is 0. The molecule has 2 aromatic rings. The molecular formula is C17H24Cl2N6O. The first-order valence-corrected chi connectivity index (χ1v) is 8.51. The van der Waals surface area contributed by atoms with Gasteiger partial charge in [0.05, 0.1) is 17.5 Å². The third kappa shape index (κ3) is 4.17. The number of carbonyl (C=O) groups is 1. The van der Waals surface area contributed by atoms with Crippen LogP contribution < -0.4 is 5.32 Å². The van der Waals surface area contributed by atoms with E-state index < -0.39 is 0 Å². The summed E-state index contributed by atoms with van der Waals surface area (Å²) in [5.74, 6) is 0.0631. The van der Waals surface area contributed by atoms with E-state index in [1.165, 1.54) is 0 Å². The molecule has 1 amide bonds. The fraction of sp³-hybridized carbons (Fsp3) is 0.471. The van der Waals surface area contributed by atoms with Crippen LogP contribution in [0.2, 0.25) is 0 Å². The second-order valence-electron chi connectivity index (χ2n) is 6.37. The molecule has 2 saturated heterocycles. The third-order valence-electron chi connectivity index (χ3n) is 4.96. The van der Waals surface area contributed by atoms with Crippen molar-refractivity contribution in [3.63, 3.8) is 0 Å². The number of likely N-dealkylation sites (tertiary alicyclic amines) is 1. The van der Waals surface area contributed by atoms with E-state index in [-0.39, 0.29) is 30.7 Å². The number of carbonyl (C=O) groups excluding carboxylic acids is 1. The van der Waals surface area contributed by atoms with Gasteiger partial charge in [-0.25, -0.2) is 0 Å². The van der Waals surface area contributed by atoms with Crippen LogP contribution in [0.1, 0.15) is 16.8 Å². The van der Waals surface area contributed by atoms with E-state index >= 15 is 0 Å². The Morgan fingerprint density at radius 2 is 1.85 bits per heavy atom. The maximum atomic E-state index is 12.9. The number of halogens is 2. The minimum absolute atomic E-state index is 0. The van der Waals surface area contributed by atoms with Gasteiger partial charge in [0.1, 0.15) is 0 Å². The van der Waals surface area contributed by atoms with Crippen molar-refractivity contribution in [2.75, 3.05) is 39.3 Å². The van der Waals surface area contributed by atoms with Crippen LogP contribution in [0.25, 0.3) is 11.3 Å². The molecule has 0 bridgehead atoms. The normalized spacial score (nSPS) is 20.3. The molecule has 0 aliphatic carbocycles. The topological polar surface area (TPSA) is 77.2 Å². The number of H-pyrrole nitrogens is 1. The number of nitrogens with zero attached hydrogens (tertiary/aromatic N) is 4. The summed E-state index contributed by atoms with van der Waals surface area (Å²) in [5, 5.41) is 10.4. The predicted molar refractivity (Wildman–Crippen MR) is 105 cm³/mol. The second kappa shape index (κ2) is 9.32. The van der Waals surface area contributed by atoms with E-state index in [4.69, 9.17) is 0 Å². The van der Waals surface area contributed by atoms with Crippen LogP contribution in [0, 0.1) is 0 Å². The largest absolute Gasteiger partial charge is 0.337 e. The predicted octanol–water partition coefficient (Wildman–Crippen LogP) is 1.43. The van der Waals surface area contributed by atoms with Gasteiger partial charge in [-0.05, 0) is 18.6 Å². The zero-order valence-electron chi connectivity index (χ0n) is 14.4. The lowest BCUT2D eigenvalue weighted by Crippen LogP contribution is -2.49. The third-order valence-corrected chi connectivity index (χ3v) is 4.96. The highest BCUT2D eigenvalue weighted by atomic mass is 35.5. The van der Waals surface area contributed by atoms with Crippen molar-refractivity contribution in [1.29, 1.82) is 0 Å². The smallest absolute Gasteiger partial charge is 0.257 e. The van der Waals surface area contributed by atoms with Crippen LogP contribution in [-0.2, 0) is 0 Å². The summed E-state index contributed by atoms with van der Waals surface area (Å²) in [6.07, 6.45) is 6.13. The molecule has 1 atom stereocenters. The Hall–Kier alpha value is -1.67. The van der Waals surface area contributed by atoms with Crippen LogP contribution in [0.3, 0.4) is 0 Å². The molecule has 7 nitrogen and oxygen atoms in total. The summed E-state index contributed by atoms with van der Waals surface area (Å²) < 4.78 is 0. The number of nitrogens with one attached hydrogen (secondary N) is 2. The number of hydrogen-bond donors (Lipinski definition) is 2. The van der Waals surface area contributed by atoms with Crippen molar-refractivity contribution in [3.8, 4) is 11.3 Å². The average Bonchev–Trinajstić information content (AvgIpc) is 3.32. The number of piperazine rings is 1. The molecule has 2 aliphatic rings. The molecule has 0 aromatic carbocycles. The van der Waals surface area contributed by atoms with Crippen molar-refractivity contribution in [1.82, 2.24) is 30.3 Å². The number of aromatic amines is 1. The van der Waals surface area contributed by atoms with Crippen molar-refractivity contribution >= 4 is 30.7 Å². The van der Waals surface area contributed by atoms with Crippen molar-refractivity contribution in [3.05, 3.63) is 36.3 Å². The van der Waals surface area contributed by atoms with Crippen molar-refractivity contribution in [2.24, 2.45) is 0 Å². The quantitative estimate of drug-likeness (QED) is 0.817. The van der Waals surface area contributed by atoms with Gasteiger partial charge in [0.2, 0.25) is 0 Å². The highest BCUT2D eigenvalue weighted by Gasteiger charge is 2.32. The van der Waals surface area contributed by atoms with E-state index in [0.29, 0.717) is 11.6 Å². The first-order chi connectivity index (χ1) is 11.8. The standard InChI is InChI=1S/C17H22N6O.2ClH/c24-17(15-11-20-21-16(15)13-1-4-18-5-2-13)23-8-3-14(12-23)22-9-6-19-7-10-22;;/h1-2,4-5,11,14,19H,3,6-10,12H2,(H,20,21);2*1H. The summed E-state index contributed by atoms with van der Waals surface area (Å²) in [4.78, 5) is 21.4. The molecule has 0 radical (unpaired) electrons. The molecule has 26 heavy (non-hydrogen) atoms. The molecule has 2 N–H and O–H groups in total. The van der Waals surface area contributed by atoms with Crippen LogP contribution in [0.4, 0.5) is 0 Å². The minimum Gasteiger partial charge on any atom is -0.337 e. The molecule has 0 saturated carbocycles. The molecule has 9 heteroatoms. The van der Waals surface area contributed by atoms with E-state index in [2.05, 4.69) is 25.4 Å². The lowest BCUT2D eigenvalue weighted by molar-refractivity contribution is 0.0774. The lowest BCUT2D eigenvalue weighted by Gasteiger charge is -2.32. The summed E-state index contributed by atoms with van der Waals surface area (Å²) in [6.45, 7) is 5.84. The number of amides is 1. The summed E-state index contributed by atoms with van der Waals surface area (Å²) in [7, 11) is 0. The lowest BCUT2D eigenvalue weighted by atomic mass is 10.1. The molecule has 0 spiro atoms. The van der Waals surface area contributed by atoms with Gasteiger partial charge in [0, 0.05) is 63.3 Å². The number of pyridine rings is 1. The maximum Gasteiger partial charge on any atom is 0.257 e. The molecule has 2 fully saturated rings. The van der Waals surface area contributed by atoms with Gasteiger partial charge in [-0.15, -0.1) is 24.8 Å². The van der Waals surface area contributed by atoms with Crippen LogP contribution in [0.5, 0.6) is 0 Å². The number of hydrogen-bond acceptors (Lipinski definition) is 5. The molecule has 1 unspecified atom stereocenters. The van der Waals surface area contributed by atoms with Crippen LogP contribution >= 0.6 is 24.8 Å². The molecule has 142 valence electrons. The fourth-order valence-electron chi connectivity index (χ4n) is 3.63. The monoisotopic (exact) mass is 398 g/mol. The zero-order chi connectivity index (χ0) is 16.4. The second-order valence-corrected chi connectivity index (χ2v) is 6.37. The number of aromatic nitrogens is 3. The first kappa shape index (κ1) is 20.6.